The molecule has 0 aliphatic carbocycles. The summed E-state index contributed by atoms with van der Waals surface area (Å²) in [5.41, 5.74) is 3.62. The summed E-state index contributed by atoms with van der Waals surface area (Å²) in [4.78, 5) is 10.7. The molecule has 2 rings (SSSR count). The number of likely N-dealkylation sites (N-methyl/N-ethyl adjacent to an activating group) is 1. The molecule has 2 aromatic rings. The van der Waals surface area contributed by atoms with E-state index in [0.29, 0.717) is 0 Å². The van der Waals surface area contributed by atoms with Gasteiger partial charge in [-0.15, -0.1) is 0 Å². The average molecular weight is 284 g/mol. The molecule has 4 heteroatoms. The number of nitrogens with one attached hydrogen (secondary N) is 1. The summed E-state index contributed by atoms with van der Waals surface area (Å²) in [7, 11) is 2.12. The molecule has 0 atom stereocenters. The van der Waals surface area contributed by atoms with E-state index in [1.54, 1.807) is 0 Å². The Bertz CT molecular complexity index is 527. The second-order valence-corrected chi connectivity index (χ2v) is 5.21. The Morgan fingerprint density at radius 1 is 1.14 bits per heavy atom. The molecule has 1 N–H and O–H groups in total. The number of pyridine rings is 2. The highest BCUT2D eigenvalue weighted by molar-refractivity contribution is 5.45. The van der Waals surface area contributed by atoms with Gasteiger partial charge in [-0.1, -0.05) is 6.92 Å². The minimum atomic E-state index is 0.833. The fourth-order valence-corrected chi connectivity index (χ4v) is 2.17. The van der Waals surface area contributed by atoms with Crippen LogP contribution in [0.3, 0.4) is 0 Å². The molecule has 0 amide bonds. The second-order valence-electron chi connectivity index (χ2n) is 5.21. The number of aromatic nitrogens is 2. The molecule has 0 radical (unpaired) electrons. The SMILES string of the molecule is CCCNCc1cc(N(C)CCc2ccncc2)ccn1. The summed E-state index contributed by atoms with van der Waals surface area (Å²) in [6.07, 6.45) is 7.75. The number of nitrogens with zero attached hydrogens (tertiary/aromatic N) is 3. The van der Waals surface area contributed by atoms with E-state index in [4.69, 9.17) is 0 Å². The molecule has 0 aliphatic rings. The van der Waals surface area contributed by atoms with Crippen LogP contribution < -0.4 is 10.2 Å². The lowest BCUT2D eigenvalue weighted by molar-refractivity contribution is 0.664. The Hall–Kier alpha value is -1.94. The third-order valence-electron chi connectivity index (χ3n) is 3.46. The molecule has 0 fully saturated rings. The normalized spacial score (nSPS) is 10.6. The third kappa shape index (κ3) is 5.16. The van der Waals surface area contributed by atoms with Crippen molar-refractivity contribution in [2.24, 2.45) is 0 Å². The van der Waals surface area contributed by atoms with Crippen LogP contribution in [0.2, 0.25) is 0 Å². The Morgan fingerprint density at radius 2 is 1.95 bits per heavy atom. The van der Waals surface area contributed by atoms with Gasteiger partial charge in [0.05, 0.1) is 5.69 Å². The van der Waals surface area contributed by atoms with Crippen LogP contribution in [0.4, 0.5) is 5.69 Å². The minimum absolute atomic E-state index is 0.833. The van der Waals surface area contributed by atoms with Gasteiger partial charge in [0.25, 0.3) is 0 Å². The van der Waals surface area contributed by atoms with Crippen LogP contribution in [-0.2, 0) is 13.0 Å². The van der Waals surface area contributed by atoms with Gasteiger partial charge in [-0.3, -0.25) is 9.97 Å². The lowest BCUT2D eigenvalue weighted by atomic mass is 10.2. The average Bonchev–Trinajstić information content (AvgIpc) is 2.54. The number of anilines is 1. The van der Waals surface area contributed by atoms with Crippen LogP contribution in [0, 0.1) is 0 Å². The van der Waals surface area contributed by atoms with Gasteiger partial charge < -0.3 is 10.2 Å². The molecule has 2 aromatic heterocycles. The van der Waals surface area contributed by atoms with Crippen molar-refractivity contribution in [3.63, 3.8) is 0 Å². The van der Waals surface area contributed by atoms with E-state index in [1.165, 1.54) is 11.3 Å². The Morgan fingerprint density at radius 3 is 2.71 bits per heavy atom. The molecular formula is C17H24N4. The predicted molar refractivity (Wildman–Crippen MR) is 87.4 cm³/mol. The number of hydrogen-bond donors (Lipinski definition) is 1. The molecule has 4 nitrogen and oxygen atoms in total. The number of hydrogen-bond acceptors (Lipinski definition) is 4. The smallest absolute Gasteiger partial charge is 0.0562 e. The predicted octanol–water partition coefficient (Wildman–Crippen LogP) is 2.66. The zero-order chi connectivity index (χ0) is 14.9. The van der Waals surface area contributed by atoms with Crippen molar-refractivity contribution in [2.75, 3.05) is 25.0 Å². The molecule has 0 unspecified atom stereocenters. The van der Waals surface area contributed by atoms with Gasteiger partial charge in [0, 0.05) is 44.4 Å². The molecule has 21 heavy (non-hydrogen) atoms. The van der Waals surface area contributed by atoms with E-state index in [0.717, 1.165) is 38.2 Å². The van der Waals surface area contributed by atoms with Crippen LogP contribution in [0.15, 0.2) is 42.9 Å². The van der Waals surface area contributed by atoms with Gasteiger partial charge in [0.15, 0.2) is 0 Å². The maximum absolute atomic E-state index is 4.41. The van der Waals surface area contributed by atoms with Crippen LogP contribution in [0.1, 0.15) is 24.6 Å². The first-order valence-corrected chi connectivity index (χ1v) is 7.55. The molecule has 112 valence electrons. The highest BCUT2D eigenvalue weighted by Crippen LogP contribution is 2.13. The first kappa shape index (κ1) is 15.4. The Labute approximate surface area is 127 Å². The van der Waals surface area contributed by atoms with Gasteiger partial charge in [-0.25, -0.2) is 0 Å². The van der Waals surface area contributed by atoms with Gasteiger partial charge in [0.2, 0.25) is 0 Å². The molecule has 2 heterocycles. The summed E-state index contributed by atoms with van der Waals surface area (Å²) < 4.78 is 0. The van der Waals surface area contributed by atoms with E-state index >= 15 is 0 Å². The van der Waals surface area contributed by atoms with Gasteiger partial charge in [-0.05, 0) is 49.2 Å². The summed E-state index contributed by atoms with van der Waals surface area (Å²) >= 11 is 0. The van der Waals surface area contributed by atoms with E-state index < -0.39 is 0 Å². The van der Waals surface area contributed by atoms with E-state index in [-0.39, 0.29) is 0 Å². The van der Waals surface area contributed by atoms with Gasteiger partial charge in [-0.2, -0.15) is 0 Å². The largest absolute Gasteiger partial charge is 0.374 e. The van der Waals surface area contributed by atoms with Gasteiger partial charge in [0.1, 0.15) is 0 Å². The van der Waals surface area contributed by atoms with Crippen molar-refractivity contribution in [3.05, 3.63) is 54.1 Å². The Kier molecular flexibility index (Phi) is 6.16. The third-order valence-corrected chi connectivity index (χ3v) is 3.46. The first-order chi connectivity index (χ1) is 10.3. The zero-order valence-electron chi connectivity index (χ0n) is 12.9. The lowest BCUT2D eigenvalue weighted by Gasteiger charge is -2.19. The van der Waals surface area contributed by atoms with Crippen molar-refractivity contribution in [1.29, 1.82) is 0 Å². The van der Waals surface area contributed by atoms with Crippen molar-refractivity contribution in [2.45, 2.75) is 26.3 Å². The lowest BCUT2D eigenvalue weighted by Crippen LogP contribution is -2.21. The van der Waals surface area contributed by atoms with E-state index in [9.17, 15) is 0 Å². The molecule has 0 aromatic carbocycles. The van der Waals surface area contributed by atoms with Crippen molar-refractivity contribution in [1.82, 2.24) is 15.3 Å². The highest BCUT2D eigenvalue weighted by atomic mass is 15.1. The molecule has 0 spiro atoms. The summed E-state index contributed by atoms with van der Waals surface area (Å²) in [6, 6.07) is 8.37. The molecule has 0 bridgehead atoms. The topological polar surface area (TPSA) is 41.0 Å². The number of rotatable bonds is 8. The monoisotopic (exact) mass is 284 g/mol. The highest BCUT2D eigenvalue weighted by Gasteiger charge is 2.03. The standard InChI is InChI=1S/C17H24N4/c1-3-8-19-14-16-13-17(6-11-20-16)21(2)12-7-15-4-9-18-10-5-15/h4-6,9-11,13,19H,3,7-8,12,14H2,1-2H3. The molecule has 0 aliphatic heterocycles. The van der Waals surface area contributed by atoms with Crippen LogP contribution in [-0.4, -0.2) is 30.1 Å². The minimum Gasteiger partial charge on any atom is -0.374 e. The summed E-state index contributed by atoms with van der Waals surface area (Å²) in [5, 5.41) is 3.39. The molecule has 0 saturated heterocycles. The summed E-state index contributed by atoms with van der Waals surface area (Å²) in [6.45, 7) is 5.02. The quantitative estimate of drug-likeness (QED) is 0.757. The van der Waals surface area contributed by atoms with E-state index in [2.05, 4.69) is 58.4 Å². The first-order valence-electron chi connectivity index (χ1n) is 7.55. The Balaban J connectivity index is 1.89. The van der Waals surface area contributed by atoms with Crippen molar-refractivity contribution in [3.8, 4) is 0 Å². The fourth-order valence-electron chi connectivity index (χ4n) is 2.17. The van der Waals surface area contributed by atoms with Crippen molar-refractivity contribution >= 4 is 5.69 Å². The van der Waals surface area contributed by atoms with Crippen LogP contribution in [0.25, 0.3) is 0 Å². The van der Waals surface area contributed by atoms with Crippen LogP contribution >= 0.6 is 0 Å². The second kappa shape index (κ2) is 8.37. The maximum Gasteiger partial charge on any atom is 0.0562 e. The molecular weight excluding hydrogens is 260 g/mol. The van der Waals surface area contributed by atoms with Crippen molar-refractivity contribution < 1.29 is 0 Å². The maximum atomic E-state index is 4.41. The zero-order valence-corrected chi connectivity index (χ0v) is 12.9. The van der Waals surface area contributed by atoms with E-state index in [1.807, 2.05) is 18.6 Å². The molecule has 0 saturated carbocycles. The summed E-state index contributed by atoms with van der Waals surface area (Å²) in [5.74, 6) is 0. The van der Waals surface area contributed by atoms with Gasteiger partial charge >= 0.3 is 0 Å². The fraction of sp³-hybridized carbons (Fsp3) is 0.412. The van der Waals surface area contributed by atoms with Crippen LogP contribution in [0.5, 0.6) is 0 Å².